The maximum atomic E-state index is 11.8. The van der Waals surface area contributed by atoms with Gasteiger partial charge in [-0.25, -0.2) is 0 Å². The summed E-state index contributed by atoms with van der Waals surface area (Å²) in [6, 6.07) is 1.39. The predicted octanol–water partition coefficient (Wildman–Crippen LogP) is 1.56. The van der Waals surface area contributed by atoms with Crippen molar-refractivity contribution < 1.29 is 4.79 Å². The van der Waals surface area contributed by atoms with Gasteiger partial charge in [-0.15, -0.1) is 0 Å². The molecule has 1 unspecified atom stereocenters. The first-order valence-corrected chi connectivity index (χ1v) is 4.74. The summed E-state index contributed by atoms with van der Waals surface area (Å²) in [5.74, 6) is 0.132. The lowest BCUT2D eigenvalue weighted by Gasteiger charge is -2.14. The molecule has 1 heterocycles. The van der Waals surface area contributed by atoms with Crippen molar-refractivity contribution in [1.29, 1.82) is 0 Å². The van der Waals surface area contributed by atoms with Crippen LogP contribution in [0.15, 0.2) is 18.5 Å². The van der Waals surface area contributed by atoms with Crippen LogP contribution >= 0.6 is 0 Å². The third kappa shape index (κ3) is 2.17. The van der Waals surface area contributed by atoms with E-state index in [-0.39, 0.29) is 11.7 Å². The number of carbonyl (C=O) groups excluding carboxylic acids is 1. The molecule has 14 heavy (non-hydrogen) atoms. The number of nitrogens with zero attached hydrogens (tertiary/aromatic N) is 1. The van der Waals surface area contributed by atoms with Crippen molar-refractivity contribution in [1.82, 2.24) is 4.98 Å². The molecule has 0 fully saturated rings. The van der Waals surface area contributed by atoms with Crippen LogP contribution in [0.5, 0.6) is 0 Å². The highest BCUT2D eigenvalue weighted by molar-refractivity contribution is 6.01. The fraction of sp³-hybridized carbons (Fsp3) is 0.455. The summed E-state index contributed by atoms with van der Waals surface area (Å²) in [5, 5.41) is 0. The normalized spacial score (nSPS) is 12.9. The van der Waals surface area contributed by atoms with Crippen molar-refractivity contribution in [3.05, 3.63) is 29.6 Å². The molecule has 0 amide bonds. The Morgan fingerprint density at radius 1 is 1.50 bits per heavy atom. The Morgan fingerprint density at radius 3 is 2.64 bits per heavy atom. The van der Waals surface area contributed by atoms with Crippen LogP contribution in [0.3, 0.4) is 0 Å². The molecule has 1 aromatic rings. The van der Waals surface area contributed by atoms with E-state index in [0.717, 1.165) is 5.56 Å². The summed E-state index contributed by atoms with van der Waals surface area (Å²) in [4.78, 5) is 15.8. The van der Waals surface area contributed by atoms with Crippen LogP contribution in [0.4, 0.5) is 0 Å². The SMILES string of the molecule is Cc1ccncc1C(=O)C(N)C(C)C. The smallest absolute Gasteiger partial charge is 0.181 e. The first-order valence-electron chi connectivity index (χ1n) is 4.74. The Hall–Kier alpha value is -1.22. The first kappa shape index (κ1) is 10.9. The van der Waals surface area contributed by atoms with E-state index >= 15 is 0 Å². The summed E-state index contributed by atoms with van der Waals surface area (Å²) >= 11 is 0. The highest BCUT2D eigenvalue weighted by Gasteiger charge is 2.20. The molecule has 0 aliphatic rings. The van der Waals surface area contributed by atoms with Crippen LogP contribution in [-0.4, -0.2) is 16.8 Å². The Balaban J connectivity index is 2.95. The molecule has 3 nitrogen and oxygen atoms in total. The van der Waals surface area contributed by atoms with Crippen LogP contribution in [0, 0.1) is 12.8 Å². The fourth-order valence-electron chi connectivity index (χ4n) is 1.20. The summed E-state index contributed by atoms with van der Waals surface area (Å²) in [5.41, 5.74) is 7.35. The van der Waals surface area contributed by atoms with Gasteiger partial charge in [-0.1, -0.05) is 13.8 Å². The topological polar surface area (TPSA) is 56.0 Å². The Kier molecular flexibility index (Phi) is 3.36. The molecule has 0 aliphatic carbocycles. The molecule has 0 saturated carbocycles. The lowest BCUT2D eigenvalue weighted by atomic mass is 9.95. The number of Topliss-reactive ketones (excluding diaryl/α,β-unsaturated/α-hetero) is 1. The van der Waals surface area contributed by atoms with Crippen LogP contribution in [0.1, 0.15) is 29.8 Å². The van der Waals surface area contributed by atoms with E-state index in [0.29, 0.717) is 5.56 Å². The first-order chi connectivity index (χ1) is 6.54. The van der Waals surface area contributed by atoms with Crippen molar-refractivity contribution >= 4 is 5.78 Å². The number of hydrogen-bond donors (Lipinski definition) is 1. The second kappa shape index (κ2) is 4.33. The molecule has 0 aromatic carbocycles. The van der Waals surface area contributed by atoms with E-state index < -0.39 is 6.04 Å². The van der Waals surface area contributed by atoms with Gasteiger partial charge in [0.1, 0.15) is 0 Å². The van der Waals surface area contributed by atoms with E-state index in [1.165, 1.54) is 0 Å². The third-order valence-electron chi connectivity index (χ3n) is 2.33. The van der Waals surface area contributed by atoms with Gasteiger partial charge in [-0.3, -0.25) is 9.78 Å². The lowest BCUT2D eigenvalue weighted by Crippen LogP contribution is -2.35. The lowest BCUT2D eigenvalue weighted by molar-refractivity contribution is 0.0939. The number of hydrogen-bond acceptors (Lipinski definition) is 3. The Labute approximate surface area is 84.3 Å². The van der Waals surface area contributed by atoms with Gasteiger partial charge in [0.05, 0.1) is 6.04 Å². The molecule has 1 atom stereocenters. The molecule has 1 aromatic heterocycles. The number of nitrogens with two attached hydrogens (primary N) is 1. The molecule has 76 valence electrons. The van der Waals surface area contributed by atoms with Crippen LogP contribution < -0.4 is 5.73 Å². The largest absolute Gasteiger partial charge is 0.321 e. The highest BCUT2D eigenvalue weighted by atomic mass is 16.1. The number of aromatic nitrogens is 1. The van der Waals surface area contributed by atoms with Gasteiger partial charge in [-0.2, -0.15) is 0 Å². The van der Waals surface area contributed by atoms with E-state index in [1.54, 1.807) is 12.4 Å². The van der Waals surface area contributed by atoms with Crippen LogP contribution in [0.25, 0.3) is 0 Å². The molecule has 0 aliphatic heterocycles. The molecule has 2 N–H and O–H groups in total. The average molecular weight is 192 g/mol. The standard InChI is InChI=1S/C11H16N2O/c1-7(2)10(12)11(14)9-6-13-5-4-8(9)3/h4-7,10H,12H2,1-3H3. The van der Waals surface area contributed by atoms with Gasteiger partial charge in [0, 0.05) is 18.0 Å². The second-order valence-corrected chi connectivity index (χ2v) is 3.82. The van der Waals surface area contributed by atoms with Crippen molar-refractivity contribution in [2.75, 3.05) is 0 Å². The van der Waals surface area contributed by atoms with Gasteiger partial charge in [0.15, 0.2) is 5.78 Å². The van der Waals surface area contributed by atoms with Crippen molar-refractivity contribution in [3.63, 3.8) is 0 Å². The highest BCUT2D eigenvalue weighted by Crippen LogP contribution is 2.11. The number of carbonyl (C=O) groups is 1. The Morgan fingerprint density at radius 2 is 2.14 bits per heavy atom. The number of aryl methyl sites for hydroxylation is 1. The van der Waals surface area contributed by atoms with Crippen LogP contribution in [0.2, 0.25) is 0 Å². The third-order valence-corrected chi connectivity index (χ3v) is 2.33. The zero-order valence-corrected chi connectivity index (χ0v) is 8.82. The summed E-state index contributed by atoms with van der Waals surface area (Å²) < 4.78 is 0. The van der Waals surface area contributed by atoms with E-state index in [4.69, 9.17) is 5.73 Å². The molecule has 0 radical (unpaired) electrons. The van der Waals surface area contributed by atoms with E-state index in [1.807, 2.05) is 26.8 Å². The van der Waals surface area contributed by atoms with Crippen LogP contribution in [-0.2, 0) is 0 Å². The summed E-state index contributed by atoms with van der Waals surface area (Å²) in [7, 11) is 0. The zero-order valence-electron chi connectivity index (χ0n) is 8.82. The van der Waals surface area contributed by atoms with E-state index in [2.05, 4.69) is 4.98 Å². The predicted molar refractivity (Wildman–Crippen MR) is 56.1 cm³/mol. The van der Waals surface area contributed by atoms with Crippen molar-refractivity contribution in [2.45, 2.75) is 26.8 Å². The minimum absolute atomic E-state index is 0.0226. The summed E-state index contributed by atoms with van der Waals surface area (Å²) in [6.07, 6.45) is 3.26. The number of rotatable bonds is 3. The van der Waals surface area contributed by atoms with Gasteiger partial charge < -0.3 is 5.73 Å². The van der Waals surface area contributed by atoms with E-state index in [9.17, 15) is 4.79 Å². The molecule has 0 saturated heterocycles. The minimum Gasteiger partial charge on any atom is -0.321 e. The van der Waals surface area contributed by atoms with Gasteiger partial charge in [0.25, 0.3) is 0 Å². The second-order valence-electron chi connectivity index (χ2n) is 3.82. The van der Waals surface area contributed by atoms with Gasteiger partial charge in [0.2, 0.25) is 0 Å². The molecule has 1 rings (SSSR count). The van der Waals surface area contributed by atoms with Crippen molar-refractivity contribution in [3.8, 4) is 0 Å². The molecule has 3 heteroatoms. The maximum Gasteiger partial charge on any atom is 0.181 e. The maximum absolute atomic E-state index is 11.8. The molecular formula is C11H16N2O. The molecule has 0 spiro atoms. The van der Waals surface area contributed by atoms with Gasteiger partial charge in [-0.05, 0) is 24.5 Å². The monoisotopic (exact) mass is 192 g/mol. The molecule has 0 bridgehead atoms. The van der Waals surface area contributed by atoms with Gasteiger partial charge >= 0.3 is 0 Å². The minimum atomic E-state index is -0.433. The quantitative estimate of drug-likeness (QED) is 0.739. The summed E-state index contributed by atoms with van der Waals surface area (Å²) in [6.45, 7) is 5.77. The average Bonchev–Trinajstić information content (AvgIpc) is 2.16. The zero-order chi connectivity index (χ0) is 10.7. The Bertz CT molecular complexity index is 334. The fourth-order valence-corrected chi connectivity index (χ4v) is 1.20. The number of ketones is 1. The number of pyridine rings is 1. The molecular weight excluding hydrogens is 176 g/mol. The van der Waals surface area contributed by atoms with Crippen molar-refractivity contribution in [2.24, 2.45) is 11.7 Å².